The van der Waals surface area contributed by atoms with E-state index in [1.165, 1.54) is 0 Å². The van der Waals surface area contributed by atoms with Gasteiger partial charge in [-0.15, -0.1) is 5.73 Å². The van der Waals surface area contributed by atoms with Crippen molar-refractivity contribution < 1.29 is 19.4 Å². The summed E-state index contributed by atoms with van der Waals surface area (Å²) in [6.45, 7) is 0.623. The zero-order valence-corrected chi connectivity index (χ0v) is 15.0. The third-order valence-corrected chi connectivity index (χ3v) is 4.44. The van der Waals surface area contributed by atoms with E-state index in [1.807, 2.05) is 36.4 Å². The first-order valence-electron chi connectivity index (χ1n) is 9.15. The lowest BCUT2D eigenvalue weighted by Crippen LogP contribution is -2.12. The Morgan fingerprint density at radius 3 is 2.81 bits per heavy atom. The molecule has 1 fully saturated rings. The van der Waals surface area contributed by atoms with Crippen LogP contribution in [0.4, 0.5) is 0 Å². The summed E-state index contributed by atoms with van der Waals surface area (Å²) in [5, 5.41) is 8.58. The Hall–Kier alpha value is -2.58. The van der Waals surface area contributed by atoms with Crippen LogP contribution in [0, 0.1) is 11.8 Å². The number of aliphatic carboxylic acids is 1. The van der Waals surface area contributed by atoms with E-state index >= 15 is 0 Å². The number of carboxylic acids is 1. The molecular formula is C22H26O4. The predicted octanol–water partition coefficient (Wildman–Crippen LogP) is 4.57. The van der Waals surface area contributed by atoms with Gasteiger partial charge in [0.25, 0.3) is 0 Å². The van der Waals surface area contributed by atoms with Crippen LogP contribution in [0.3, 0.4) is 0 Å². The molecule has 0 radical (unpaired) electrons. The number of para-hydroxylation sites is 1. The standard InChI is InChI=1S/C22H26O4/c23-21-16-15-18(20(21)13-6-1-2-7-14-22(24)25)10-8-9-17-26-19-11-4-3-5-12-19/h2-6,8,10-12,18,20H,7,9,13-17H2,(H,24,25)/b10-8+/t1?,18?,20-/m1/s1. The molecule has 1 saturated carbocycles. The van der Waals surface area contributed by atoms with Crippen LogP contribution in [0.2, 0.25) is 0 Å². The van der Waals surface area contributed by atoms with Crippen molar-refractivity contribution in [2.45, 2.75) is 38.5 Å². The van der Waals surface area contributed by atoms with Gasteiger partial charge in [-0.05, 0) is 55.9 Å². The van der Waals surface area contributed by atoms with Crippen molar-refractivity contribution in [1.29, 1.82) is 0 Å². The van der Waals surface area contributed by atoms with E-state index in [2.05, 4.69) is 17.9 Å². The average molecular weight is 354 g/mol. The highest BCUT2D eigenvalue weighted by Crippen LogP contribution is 2.32. The zero-order chi connectivity index (χ0) is 18.6. The van der Waals surface area contributed by atoms with Crippen molar-refractivity contribution in [2.24, 2.45) is 11.8 Å². The first-order chi connectivity index (χ1) is 12.7. The van der Waals surface area contributed by atoms with Crippen molar-refractivity contribution in [3.8, 4) is 5.75 Å². The highest BCUT2D eigenvalue weighted by molar-refractivity contribution is 5.83. The second-order valence-corrected chi connectivity index (χ2v) is 6.40. The maximum Gasteiger partial charge on any atom is 0.303 e. The third kappa shape index (κ3) is 7.12. The topological polar surface area (TPSA) is 63.6 Å². The van der Waals surface area contributed by atoms with Crippen LogP contribution >= 0.6 is 0 Å². The molecule has 2 atom stereocenters. The lowest BCUT2D eigenvalue weighted by molar-refractivity contribution is -0.136. The molecule has 1 aliphatic rings. The molecule has 4 nitrogen and oxygen atoms in total. The number of Topliss-reactive ketones (excluding diaryl/α,β-unsaturated/α-hetero) is 1. The molecule has 1 aliphatic carbocycles. The van der Waals surface area contributed by atoms with E-state index in [4.69, 9.17) is 9.84 Å². The van der Waals surface area contributed by atoms with Gasteiger partial charge in [0, 0.05) is 18.8 Å². The summed E-state index contributed by atoms with van der Waals surface area (Å²) in [5.41, 5.74) is 2.99. The Bertz CT molecular complexity index is 669. The molecule has 138 valence electrons. The monoisotopic (exact) mass is 354 g/mol. The van der Waals surface area contributed by atoms with Gasteiger partial charge in [-0.1, -0.05) is 30.4 Å². The quantitative estimate of drug-likeness (QED) is 0.380. The van der Waals surface area contributed by atoms with Crippen LogP contribution < -0.4 is 4.74 Å². The molecule has 1 aromatic rings. The van der Waals surface area contributed by atoms with Crippen LogP contribution in [-0.2, 0) is 9.59 Å². The fourth-order valence-electron chi connectivity index (χ4n) is 3.06. The molecule has 4 heteroatoms. The van der Waals surface area contributed by atoms with E-state index in [0.29, 0.717) is 31.7 Å². The van der Waals surface area contributed by atoms with Gasteiger partial charge in [0.15, 0.2) is 0 Å². The number of carbonyl (C=O) groups is 2. The third-order valence-electron chi connectivity index (χ3n) is 4.44. The summed E-state index contributed by atoms with van der Waals surface area (Å²) in [6, 6.07) is 9.73. The lowest BCUT2D eigenvalue weighted by Gasteiger charge is -2.12. The number of ether oxygens (including phenoxy) is 1. The van der Waals surface area contributed by atoms with E-state index in [1.54, 1.807) is 6.08 Å². The number of benzene rings is 1. The second kappa shape index (κ2) is 11.1. The maximum absolute atomic E-state index is 12.1. The van der Waals surface area contributed by atoms with Crippen molar-refractivity contribution in [1.82, 2.24) is 0 Å². The van der Waals surface area contributed by atoms with Crippen LogP contribution in [0.25, 0.3) is 0 Å². The molecule has 0 bridgehead atoms. The number of rotatable bonds is 10. The SMILES string of the molecule is O=C(O)CCC=C=CC[C@H]1C(=O)CCC1/C=C/CCOc1ccccc1. The molecule has 0 amide bonds. The molecule has 1 unspecified atom stereocenters. The highest BCUT2D eigenvalue weighted by atomic mass is 16.5. The van der Waals surface area contributed by atoms with Crippen molar-refractivity contribution in [2.75, 3.05) is 6.61 Å². The minimum absolute atomic E-state index is 0.0154. The molecule has 0 spiro atoms. The molecule has 0 aliphatic heterocycles. The van der Waals surface area contributed by atoms with Gasteiger partial charge in [0.2, 0.25) is 0 Å². The van der Waals surface area contributed by atoms with Crippen LogP contribution in [0.5, 0.6) is 5.75 Å². The molecule has 0 aromatic heterocycles. The van der Waals surface area contributed by atoms with E-state index in [-0.39, 0.29) is 18.3 Å². The van der Waals surface area contributed by atoms with Gasteiger partial charge in [-0.3, -0.25) is 9.59 Å². The molecule has 0 saturated heterocycles. The van der Waals surface area contributed by atoms with E-state index in [0.717, 1.165) is 18.6 Å². The fraction of sp³-hybridized carbons (Fsp3) is 0.409. The number of carbonyl (C=O) groups excluding carboxylic acids is 1. The summed E-state index contributed by atoms with van der Waals surface area (Å²) >= 11 is 0. The Morgan fingerprint density at radius 1 is 1.23 bits per heavy atom. The summed E-state index contributed by atoms with van der Waals surface area (Å²) in [7, 11) is 0. The molecule has 26 heavy (non-hydrogen) atoms. The largest absolute Gasteiger partial charge is 0.493 e. The second-order valence-electron chi connectivity index (χ2n) is 6.40. The summed E-state index contributed by atoms with van der Waals surface area (Å²) < 4.78 is 5.66. The average Bonchev–Trinajstić information content (AvgIpc) is 2.98. The molecule has 0 heterocycles. The van der Waals surface area contributed by atoms with Crippen molar-refractivity contribution in [3.05, 3.63) is 60.4 Å². The minimum Gasteiger partial charge on any atom is -0.493 e. The first kappa shape index (κ1) is 19.7. The minimum atomic E-state index is -0.810. The summed E-state index contributed by atoms with van der Waals surface area (Å²) in [4.78, 5) is 22.5. The normalized spacial score (nSPS) is 19.3. The predicted molar refractivity (Wildman–Crippen MR) is 101 cm³/mol. The van der Waals surface area contributed by atoms with Gasteiger partial charge in [-0.25, -0.2) is 0 Å². The van der Waals surface area contributed by atoms with Gasteiger partial charge < -0.3 is 9.84 Å². The van der Waals surface area contributed by atoms with E-state index in [9.17, 15) is 9.59 Å². The Morgan fingerprint density at radius 2 is 2.04 bits per heavy atom. The number of hydrogen-bond donors (Lipinski definition) is 1. The van der Waals surface area contributed by atoms with Crippen LogP contribution in [0.15, 0.2) is 60.4 Å². The van der Waals surface area contributed by atoms with Crippen molar-refractivity contribution >= 4 is 11.8 Å². The van der Waals surface area contributed by atoms with Crippen molar-refractivity contribution in [3.63, 3.8) is 0 Å². The fourth-order valence-corrected chi connectivity index (χ4v) is 3.06. The molecule has 2 rings (SSSR count). The van der Waals surface area contributed by atoms with Crippen LogP contribution in [-0.4, -0.2) is 23.5 Å². The Kier molecular flexibility index (Phi) is 8.44. The number of allylic oxidation sites excluding steroid dienone is 2. The summed E-state index contributed by atoms with van der Waals surface area (Å²) in [5.74, 6) is 0.659. The highest BCUT2D eigenvalue weighted by Gasteiger charge is 2.31. The Balaban J connectivity index is 1.73. The number of hydrogen-bond acceptors (Lipinski definition) is 3. The number of carboxylic acid groups (broad SMARTS) is 1. The smallest absolute Gasteiger partial charge is 0.303 e. The zero-order valence-electron chi connectivity index (χ0n) is 15.0. The molecular weight excluding hydrogens is 328 g/mol. The maximum atomic E-state index is 12.1. The van der Waals surface area contributed by atoms with Gasteiger partial charge in [-0.2, -0.15) is 0 Å². The summed E-state index contributed by atoms with van der Waals surface area (Å²) in [6.07, 6.45) is 11.4. The molecule has 1 aromatic carbocycles. The van der Waals surface area contributed by atoms with Gasteiger partial charge >= 0.3 is 5.97 Å². The van der Waals surface area contributed by atoms with Gasteiger partial charge in [0.1, 0.15) is 11.5 Å². The Labute approximate surface area is 154 Å². The van der Waals surface area contributed by atoms with Gasteiger partial charge in [0.05, 0.1) is 6.61 Å². The van der Waals surface area contributed by atoms with E-state index < -0.39 is 5.97 Å². The lowest BCUT2D eigenvalue weighted by atomic mass is 9.91. The first-order valence-corrected chi connectivity index (χ1v) is 9.15. The van der Waals surface area contributed by atoms with Crippen LogP contribution in [0.1, 0.15) is 38.5 Å². The number of ketones is 1. The molecule has 1 N–H and O–H groups in total.